The van der Waals surface area contributed by atoms with Crippen molar-refractivity contribution in [3.8, 4) is 11.1 Å². The fourth-order valence-corrected chi connectivity index (χ4v) is 58.9. The molecule has 129 heavy (non-hydrogen) atoms. The van der Waals surface area contributed by atoms with E-state index in [-0.39, 0.29) is 119 Å². The normalized spacial score (nSPS) is 33.9. The summed E-state index contributed by atoms with van der Waals surface area (Å²) in [6.07, 6.45) is 41.5. The summed E-state index contributed by atoms with van der Waals surface area (Å²) in [7, 11) is 25.0. The first-order valence-corrected chi connectivity index (χ1v) is 79.3. The number of allylic oxidation sites excluding steroid dienone is 12. The van der Waals surface area contributed by atoms with Crippen molar-refractivity contribution in [3.05, 3.63) is 273 Å². The van der Waals surface area contributed by atoms with Crippen LogP contribution in [0.3, 0.4) is 0 Å². The van der Waals surface area contributed by atoms with E-state index in [9.17, 15) is 0 Å². The number of halogens is 6. The third-order valence-electron chi connectivity index (χ3n) is 32.9. The molecule has 0 nitrogen and oxygen atoms in total. The van der Waals surface area contributed by atoms with Gasteiger partial charge in [-0.2, -0.15) is 35.9 Å². The second-order valence-electron chi connectivity index (χ2n) is 42.4. The minimum Gasteiger partial charge on any atom is 0 e. The van der Waals surface area contributed by atoms with Crippen LogP contribution in [0.2, 0.25) is 72.5 Å². The zero-order chi connectivity index (χ0) is 85.4. The van der Waals surface area contributed by atoms with E-state index in [2.05, 4.69) is 364 Å². The van der Waals surface area contributed by atoms with E-state index in [4.69, 9.17) is 51.1 Å². The first-order chi connectivity index (χ1) is 57.2. The molecule has 20 rings (SSSR count). The molecule has 0 N–H and O–H groups in total. The zero-order valence-electron chi connectivity index (χ0n) is 81.7. The van der Waals surface area contributed by atoms with Gasteiger partial charge < -0.3 is 63.8 Å². The van der Waals surface area contributed by atoms with Crippen molar-refractivity contribution in [1.82, 2.24) is 0 Å². The average molecular weight is 2760 g/mol. The second kappa shape index (κ2) is 51.9. The number of hydrogen-bond donors (Lipinski definition) is 0. The van der Waals surface area contributed by atoms with Gasteiger partial charge in [0.1, 0.15) is 0 Å². The Morgan fingerprint density at radius 1 is 0.326 bits per heavy atom. The SMILES string of the molecule is CC1=CC2C3C=C(C)SC3C([Si](C)(C)C3[CH-]CC4C(c5cc(C(C)(C)C)cc(C(C)(C)C)c5)CCCC43)C2S1.CC1=CC2C3C=C(C)SC3C([Si](C)(C)C3[CH-]CC4C(c5ccc(-c6ccccc6)cc5)CCCC43)C2S1.CC1=CC2C3C=C(C)SC3C([Si](C)(C)C3[CH-]CC4C(c5cccc6ccccc56)CCCC43)C2S1.[CH3-].[CH3-].[CH3-].[CH3-].[CH3-].[CH3-].[Cl][Zr+2][Cl].[Cl][Zr+2][Cl].[Cl][Zr+2][Cl].[W].[W].[W]. The monoisotopic (exact) mass is 2760 g/mol. The van der Waals surface area contributed by atoms with Crippen LogP contribution in [0.25, 0.3) is 21.9 Å². The number of hydrogen-bond acceptors (Lipinski definition) is 6. The summed E-state index contributed by atoms with van der Waals surface area (Å²) in [6.45, 7) is 45.5. The van der Waals surface area contributed by atoms with Gasteiger partial charge in [0, 0.05) is 119 Å². The molecule has 21 heteroatoms. The van der Waals surface area contributed by atoms with Gasteiger partial charge in [-0.1, -0.05) is 307 Å². The Morgan fingerprint density at radius 3 is 0.930 bits per heavy atom. The summed E-state index contributed by atoms with van der Waals surface area (Å²) in [5, 5.41) is 7.96. The maximum absolute atomic E-state index is 4.93. The van der Waals surface area contributed by atoms with Gasteiger partial charge in [-0.05, 0) is 221 Å². The molecule has 9 saturated carbocycles. The Hall–Kier alpha value is 4.00. The standard InChI is InChI=1S/C36H53S2Si.C34H41S2Si.C32H39S2Si.6CH3.6ClH.3W.3Zr/c1-21-16-29-30-17-22(2)38-33(30)34(32(29)37-21)39(9,10)31-15-14-27-26(12-11-13-28(27)31)23-18-24(35(3,4)5)20-25(19-23)36(6,7)8;1-21-19-29-30-20-22(2)36-33(30)34(32(29)35-21)37(3,4)31-18-17-27-26(11-8-12-28(27)31)25-15-13-24(14-16-25)23-9-6-5-7-10-23;1-19-17-27-28-18-20(2)34-31(28)32(30(27)33-19)35(3,4)29-16-15-25-24(13-8-14-26(25)29)23-12-7-10-21-9-5-6-11-22(21)23;;;;;;;;;;;;;;;;;;/h15-20,26-34H,11-14H2,1-10H3;5-7,9-10,13-16,18-20,26-34H,8,11-12,17H2,1-4H3;5-7,9-12,16-18,24-32H,8,13-15H2,1-4H3;6*1H3;6*1H;;;;;;/q9*-1;;;;;;;;;;3*+4/p-6. The molecule has 6 heterocycles. The van der Waals surface area contributed by atoms with Crippen LogP contribution in [-0.2, 0) is 137 Å². The van der Waals surface area contributed by atoms with E-state index in [0.717, 1.165) is 154 Å². The Balaban J connectivity index is 0.000000276. The Bertz CT molecular complexity index is 4500. The van der Waals surface area contributed by atoms with Crippen molar-refractivity contribution in [2.24, 2.45) is 71.0 Å². The summed E-state index contributed by atoms with van der Waals surface area (Å²) in [5.74, 6) is 12.2. The van der Waals surface area contributed by atoms with E-state index in [0.29, 0.717) is 0 Å². The fourth-order valence-electron chi connectivity index (χ4n) is 28.1. The topological polar surface area (TPSA) is 0 Å². The molecular formula is C108H151Cl6S6Si3W3Zr3-3. The minimum absolute atomic E-state index is 0. The molecule has 6 aliphatic heterocycles. The van der Waals surface area contributed by atoms with Crippen LogP contribution in [-0.4, -0.2) is 55.7 Å². The summed E-state index contributed by atoms with van der Waals surface area (Å²) >= 11 is 11.1. The number of benzene rings is 5. The van der Waals surface area contributed by atoms with Gasteiger partial charge >= 0.3 is 114 Å². The third kappa shape index (κ3) is 25.5. The Labute approximate surface area is 917 Å². The largest absolute Gasteiger partial charge is 0 e. The average Bonchev–Trinajstić information content (AvgIpc) is 1.56. The summed E-state index contributed by atoms with van der Waals surface area (Å²) in [6, 6.07) is 44.5. The summed E-state index contributed by atoms with van der Waals surface area (Å²) in [4.78, 5) is 9.57. The summed E-state index contributed by atoms with van der Waals surface area (Å²) < 4.78 is 0. The quantitative estimate of drug-likeness (QED) is 0.100. The smallest absolute Gasteiger partial charge is 0 e. The van der Waals surface area contributed by atoms with Gasteiger partial charge in [-0.15, -0.1) is 70.6 Å². The molecule has 5 aromatic rings. The Morgan fingerprint density at radius 2 is 0.605 bits per heavy atom. The van der Waals surface area contributed by atoms with E-state index in [1.54, 1.807) is 46.1 Å². The van der Waals surface area contributed by atoms with Crippen LogP contribution in [0.4, 0.5) is 0 Å². The maximum Gasteiger partial charge on any atom is 0 e. The van der Waals surface area contributed by atoms with Crippen molar-refractivity contribution >= 4 is 157 Å². The van der Waals surface area contributed by atoms with E-state index in [1.807, 2.05) is 0 Å². The second-order valence-corrected chi connectivity index (χ2v) is 77.0. The van der Waals surface area contributed by atoms with Gasteiger partial charge in [0.05, 0.1) is 0 Å². The van der Waals surface area contributed by atoms with Gasteiger partial charge in [0.2, 0.25) is 0 Å². The predicted molar refractivity (Wildman–Crippen MR) is 577 cm³/mol. The van der Waals surface area contributed by atoms with E-state index in [1.165, 1.54) is 110 Å². The molecule has 5 aromatic carbocycles. The predicted octanol–water partition coefficient (Wildman–Crippen LogP) is 37.8. The molecule has 9 aliphatic carbocycles. The van der Waals surface area contributed by atoms with E-state index >= 15 is 0 Å². The Kier molecular flexibility index (Phi) is 48.9. The number of fused-ring (bicyclic) bond motifs is 13. The third-order valence-corrected chi connectivity index (χ3v) is 57.1. The molecule has 0 radical (unpaired) electrons. The van der Waals surface area contributed by atoms with Gasteiger partial charge in [0.25, 0.3) is 0 Å². The van der Waals surface area contributed by atoms with Crippen molar-refractivity contribution in [1.29, 1.82) is 0 Å². The summed E-state index contributed by atoms with van der Waals surface area (Å²) in [5.41, 5.74) is 16.4. The molecular weight excluding hydrogens is 2610 g/mol. The molecule has 24 unspecified atom stereocenters. The van der Waals surface area contributed by atoms with Gasteiger partial charge in [-0.25, -0.2) is 0 Å². The molecule has 0 spiro atoms. The van der Waals surface area contributed by atoms with Gasteiger partial charge in [-0.3, -0.25) is 0 Å². The molecule has 0 aromatic heterocycles. The van der Waals surface area contributed by atoms with Crippen molar-refractivity contribution in [3.63, 3.8) is 0 Å². The molecule has 706 valence electrons. The van der Waals surface area contributed by atoms with Crippen LogP contribution in [0.5, 0.6) is 0 Å². The van der Waals surface area contributed by atoms with Gasteiger partial charge in [0.15, 0.2) is 0 Å². The van der Waals surface area contributed by atoms with Crippen LogP contribution in [0, 0.1) is 135 Å². The molecule has 0 amide bonds. The zero-order valence-corrected chi connectivity index (χ0v) is 110. The van der Waals surface area contributed by atoms with Crippen LogP contribution in [0.15, 0.2) is 181 Å². The van der Waals surface area contributed by atoms with E-state index < -0.39 is 86.8 Å². The molecule has 0 bridgehead atoms. The fraction of sp³-hybridized carbons (Fsp3) is 0.546. The van der Waals surface area contributed by atoms with Crippen LogP contribution < -0.4 is 0 Å². The number of thioether (sulfide) groups is 6. The first-order valence-electron chi connectivity index (χ1n) is 45.5. The molecule has 0 saturated heterocycles. The van der Waals surface area contributed by atoms with Crippen LogP contribution >= 0.6 is 122 Å². The maximum atomic E-state index is 4.93. The van der Waals surface area contributed by atoms with Crippen molar-refractivity contribution in [2.45, 2.75) is 293 Å². The van der Waals surface area contributed by atoms with Crippen LogP contribution in [0.1, 0.15) is 206 Å². The van der Waals surface area contributed by atoms with Crippen molar-refractivity contribution in [2.75, 3.05) is 0 Å². The number of rotatable bonds is 10. The minimum atomic E-state index is -1.55. The molecule has 24 atom stereocenters. The van der Waals surface area contributed by atoms with Crippen molar-refractivity contribution < 1.29 is 126 Å². The molecule has 15 aliphatic rings. The molecule has 9 fully saturated rings. The first kappa shape index (κ1) is 122.